The third kappa shape index (κ3) is 2.19. The van der Waals surface area contributed by atoms with Crippen LogP contribution in [0.15, 0.2) is 22.8 Å². The lowest BCUT2D eigenvalue weighted by Crippen LogP contribution is -2.30. The van der Waals surface area contributed by atoms with Gasteiger partial charge >= 0.3 is 0 Å². The molecule has 90 valence electrons. The fourth-order valence-corrected chi connectivity index (χ4v) is 1.82. The van der Waals surface area contributed by atoms with Gasteiger partial charge in [-0.15, -0.1) is 0 Å². The molecule has 1 unspecified atom stereocenters. The van der Waals surface area contributed by atoms with Crippen LogP contribution in [0, 0.1) is 11.6 Å². The van der Waals surface area contributed by atoms with Crippen molar-refractivity contribution in [3.05, 3.63) is 45.7 Å². The standard InChI is InChI=1S/C9H8BrF2N5/c10-4-1-2-5(11)7(8(4)12)9(15-13)6-3-14-17-16-6/h1-3,9,15H,13H2,(H,14,16,17). The van der Waals surface area contributed by atoms with Crippen LogP contribution in [0.5, 0.6) is 0 Å². The van der Waals surface area contributed by atoms with Gasteiger partial charge in [0.2, 0.25) is 0 Å². The maximum absolute atomic E-state index is 13.9. The molecule has 8 heteroatoms. The molecule has 4 N–H and O–H groups in total. The normalized spacial score (nSPS) is 12.7. The Morgan fingerprint density at radius 1 is 1.41 bits per heavy atom. The summed E-state index contributed by atoms with van der Waals surface area (Å²) in [6.07, 6.45) is 1.34. The largest absolute Gasteiger partial charge is 0.271 e. The number of nitrogens with two attached hydrogens (primary N) is 1. The molecule has 0 bridgehead atoms. The maximum atomic E-state index is 13.9. The van der Waals surface area contributed by atoms with Gasteiger partial charge in [-0.25, -0.2) is 14.2 Å². The van der Waals surface area contributed by atoms with Crippen LogP contribution < -0.4 is 11.3 Å². The monoisotopic (exact) mass is 303 g/mol. The summed E-state index contributed by atoms with van der Waals surface area (Å²) in [7, 11) is 0. The Bertz CT molecular complexity index is 516. The minimum absolute atomic E-state index is 0.151. The van der Waals surface area contributed by atoms with Gasteiger partial charge in [0, 0.05) is 5.56 Å². The summed E-state index contributed by atoms with van der Waals surface area (Å²) in [5.41, 5.74) is 2.39. The quantitative estimate of drug-likeness (QED) is 0.455. The lowest BCUT2D eigenvalue weighted by atomic mass is 10.0. The highest BCUT2D eigenvalue weighted by Crippen LogP contribution is 2.29. The van der Waals surface area contributed by atoms with Gasteiger partial charge in [0.05, 0.1) is 16.7 Å². The second kappa shape index (κ2) is 4.86. The predicted octanol–water partition coefficient (Wildman–Crippen LogP) is 1.40. The van der Waals surface area contributed by atoms with E-state index in [9.17, 15) is 8.78 Å². The summed E-state index contributed by atoms with van der Waals surface area (Å²) in [6, 6.07) is 1.52. The number of hydrogen-bond donors (Lipinski definition) is 3. The second-order valence-electron chi connectivity index (χ2n) is 3.25. The summed E-state index contributed by atoms with van der Waals surface area (Å²) in [5, 5.41) is 9.67. The van der Waals surface area contributed by atoms with Gasteiger partial charge in [-0.05, 0) is 28.1 Å². The molecule has 2 aromatic rings. The smallest absolute Gasteiger partial charge is 0.145 e. The predicted molar refractivity (Wildman–Crippen MR) is 59.6 cm³/mol. The van der Waals surface area contributed by atoms with E-state index < -0.39 is 17.7 Å². The number of nitrogens with one attached hydrogen (secondary N) is 2. The Kier molecular flexibility index (Phi) is 3.46. The van der Waals surface area contributed by atoms with Crippen LogP contribution in [0.25, 0.3) is 0 Å². The molecule has 1 atom stereocenters. The Balaban J connectivity index is 2.55. The van der Waals surface area contributed by atoms with Gasteiger partial charge < -0.3 is 0 Å². The van der Waals surface area contributed by atoms with Crippen LogP contribution in [0.2, 0.25) is 0 Å². The number of aromatic amines is 1. The summed E-state index contributed by atoms with van der Waals surface area (Å²) < 4.78 is 27.6. The molecule has 0 spiro atoms. The number of hydrazine groups is 1. The first-order valence-corrected chi connectivity index (χ1v) is 5.39. The molecule has 2 rings (SSSR count). The zero-order valence-corrected chi connectivity index (χ0v) is 10.0. The molecule has 5 nitrogen and oxygen atoms in total. The van der Waals surface area contributed by atoms with E-state index in [0.717, 1.165) is 6.07 Å². The van der Waals surface area contributed by atoms with Gasteiger partial charge in [0.15, 0.2) is 0 Å². The van der Waals surface area contributed by atoms with E-state index in [1.807, 2.05) is 0 Å². The molecule has 1 aromatic carbocycles. The molecule has 1 aromatic heterocycles. The van der Waals surface area contributed by atoms with Gasteiger partial charge in [-0.2, -0.15) is 15.4 Å². The van der Waals surface area contributed by atoms with Crippen LogP contribution in [0.3, 0.4) is 0 Å². The summed E-state index contributed by atoms with van der Waals surface area (Å²) >= 11 is 2.99. The van der Waals surface area contributed by atoms with E-state index in [-0.39, 0.29) is 10.0 Å². The number of benzene rings is 1. The molecule has 0 aliphatic heterocycles. The van der Waals surface area contributed by atoms with Crippen molar-refractivity contribution in [3.8, 4) is 0 Å². The number of rotatable bonds is 3. The van der Waals surface area contributed by atoms with E-state index in [1.54, 1.807) is 0 Å². The summed E-state index contributed by atoms with van der Waals surface area (Å²) in [6.45, 7) is 0. The minimum atomic E-state index is -0.911. The number of H-pyrrole nitrogens is 1. The van der Waals surface area contributed by atoms with Crippen LogP contribution in [0.1, 0.15) is 17.3 Å². The fourth-order valence-electron chi connectivity index (χ4n) is 1.47. The van der Waals surface area contributed by atoms with Crippen LogP contribution in [0.4, 0.5) is 8.78 Å². The van der Waals surface area contributed by atoms with Crippen molar-refractivity contribution in [2.24, 2.45) is 5.84 Å². The Labute approximate surface area is 103 Å². The molecule has 0 amide bonds. The zero-order valence-electron chi connectivity index (χ0n) is 8.42. The Hall–Kier alpha value is -1.38. The molecule has 0 radical (unpaired) electrons. The number of aromatic nitrogens is 3. The average Bonchev–Trinajstić information content (AvgIpc) is 2.83. The van der Waals surface area contributed by atoms with Gasteiger partial charge in [-0.3, -0.25) is 5.84 Å². The number of hydrogen-bond acceptors (Lipinski definition) is 4. The second-order valence-corrected chi connectivity index (χ2v) is 4.11. The zero-order chi connectivity index (χ0) is 12.4. The molecular weight excluding hydrogens is 296 g/mol. The highest BCUT2D eigenvalue weighted by molar-refractivity contribution is 9.10. The lowest BCUT2D eigenvalue weighted by Gasteiger charge is -2.15. The average molecular weight is 304 g/mol. The number of halogens is 3. The van der Waals surface area contributed by atoms with E-state index in [4.69, 9.17) is 5.84 Å². The van der Waals surface area contributed by atoms with Crippen molar-refractivity contribution in [2.45, 2.75) is 6.04 Å². The SMILES string of the molecule is NNC(c1cn[nH]n1)c1c(F)ccc(Br)c1F. The van der Waals surface area contributed by atoms with E-state index in [1.165, 1.54) is 12.3 Å². The third-order valence-corrected chi connectivity index (χ3v) is 2.88. The molecular formula is C9H8BrF2N5. The Morgan fingerprint density at radius 3 is 2.76 bits per heavy atom. The molecule has 0 fully saturated rings. The number of nitrogens with zero attached hydrogens (tertiary/aromatic N) is 2. The van der Waals surface area contributed by atoms with Crippen molar-refractivity contribution in [3.63, 3.8) is 0 Å². The molecule has 1 heterocycles. The maximum Gasteiger partial charge on any atom is 0.145 e. The van der Waals surface area contributed by atoms with Crippen LogP contribution in [-0.2, 0) is 0 Å². The molecule has 0 aliphatic rings. The molecule has 17 heavy (non-hydrogen) atoms. The van der Waals surface area contributed by atoms with Gasteiger partial charge in [-0.1, -0.05) is 0 Å². The van der Waals surface area contributed by atoms with Crippen LogP contribution >= 0.6 is 15.9 Å². The third-order valence-electron chi connectivity index (χ3n) is 2.26. The first kappa shape index (κ1) is 12.1. The highest BCUT2D eigenvalue weighted by Gasteiger charge is 2.24. The molecule has 0 saturated carbocycles. The fraction of sp³-hybridized carbons (Fsp3) is 0.111. The van der Waals surface area contributed by atoms with Gasteiger partial charge in [0.1, 0.15) is 17.3 Å². The van der Waals surface area contributed by atoms with E-state index in [0.29, 0.717) is 5.69 Å². The lowest BCUT2D eigenvalue weighted by molar-refractivity contribution is 0.502. The van der Waals surface area contributed by atoms with E-state index >= 15 is 0 Å². The first-order chi connectivity index (χ1) is 8.15. The highest BCUT2D eigenvalue weighted by atomic mass is 79.9. The summed E-state index contributed by atoms with van der Waals surface area (Å²) in [4.78, 5) is 0. The van der Waals surface area contributed by atoms with Crippen molar-refractivity contribution < 1.29 is 8.78 Å². The van der Waals surface area contributed by atoms with E-state index in [2.05, 4.69) is 36.8 Å². The molecule has 0 saturated heterocycles. The summed E-state index contributed by atoms with van der Waals surface area (Å²) in [5.74, 6) is 3.87. The molecule has 0 aliphatic carbocycles. The topological polar surface area (TPSA) is 79.6 Å². The first-order valence-electron chi connectivity index (χ1n) is 4.60. The van der Waals surface area contributed by atoms with Crippen molar-refractivity contribution >= 4 is 15.9 Å². The van der Waals surface area contributed by atoms with Crippen molar-refractivity contribution in [2.75, 3.05) is 0 Å². The van der Waals surface area contributed by atoms with Crippen molar-refractivity contribution in [1.82, 2.24) is 20.8 Å². The Morgan fingerprint density at radius 2 is 2.18 bits per heavy atom. The van der Waals surface area contributed by atoms with Crippen molar-refractivity contribution in [1.29, 1.82) is 0 Å². The van der Waals surface area contributed by atoms with Crippen LogP contribution in [-0.4, -0.2) is 15.4 Å². The minimum Gasteiger partial charge on any atom is -0.271 e. The van der Waals surface area contributed by atoms with Gasteiger partial charge in [0.25, 0.3) is 0 Å².